The van der Waals surface area contributed by atoms with E-state index in [9.17, 15) is 23.4 Å². The zero-order valence-electron chi connectivity index (χ0n) is 17.7. The molecule has 2 atom stereocenters. The fourth-order valence-corrected chi connectivity index (χ4v) is 5.75. The molecule has 0 saturated carbocycles. The summed E-state index contributed by atoms with van der Waals surface area (Å²) in [6, 6.07) is 17.9. The summed E-state index contributed by atoms with van der Waals surface area (Å²) in [5.41, 5.74) is 2.96. The zero-order valence-corrected chi connectivity index (χ0v) is 18.5. The summed E-state index contributed by atoms with van der Waals surface area (Å²) in [4.78, 5) is 12.7. The monoisotopic (exact) mass is 453 g/mol. The minimum Gasteiger partial charge on any atom is -0.392 e. The highest BCUT2D eigenvalue weighted by Crippen LogP contribution is 2.30. The van der Waals surface area contributed by atoms with E-state index >= 15 is 0 Å². The van der Waals surface area contributed by atoms with E-state index in [-0.39, 0.29) is 29.9 Å². The molecule has 3 N–H and O–H groups in total. The second-order valence-corrected chi connectivity index (χ2v) is 10.4. The number of amides is 1. The van der Waals surface area contributed by atoms with Crippen molar-refractivity contribution in [3.05, 3.63) is 77.4 Å². The quantitative estimate of drug-likeness (QED) is 0.510. The molecule has 1 aliphatic rings. The minimum absolute atomic E-state index is 0.0256. The fourth-order valence-electron chi connectivity index (χ4n) is 4.35. The number of aliphatic hydroxyl groups is 2. The van der Waals surface area contributed by atoms with Crippen LogP contribution in [0.3, 0.4) is 0 Å². The van der Waals surface area contributed by atoms with Gasteiger partial charge in [0.25, 0.3) is 0 Å². The predicted molar refractivity (Wildman–Crippen MR) is 123 cm³/mol. The summed E-state index contributed by atoms with van der Waals surface area (Å²) in [6.45, 7) is -0.0256. The maximum atomic E-state index is 12.8. The molecule has 3 aromatic rings. The molecule has 3 aromatic carbocycles. The smallest absolute Gasteiger partial charge is 0.223 e. The van der Waals surface area contributed by atoms with Crippen LogP contribution in [0, 0.1) is 0 Å². The number of aliphatic hydroxyl groups excluding tert-OH is 2. The molecule has 0 aliphatic heterocycles. The molecule has 0 radical (unpaired) electrons. The van der Waals surface area contributed by atoms with Crippen LogP contribution in [0.25, 0.3) is 10.8 Å². The lowest BCUT2D eigenvalue weighted by Gasteiger charge is -2.27. The van der Waals surface area contributed by atoms with Crippen LogP contribution in [0.4, 0.5) is 0 Å². The second-order valence-electron chi connectivity index (χ2n) is 8.35. The van der Waals surface area contributed by atoms with Crippen molar-refractivity contribution in [2.24, 2.45) is 0 Å². The summed E-state index contributed by atoms with van der Waals surface area (Å²) in [5, 5.41) is 24.4. The van der Waals surface area contributed by atoms with Crippen LogP contribution in [0.15, 0.2) is 65.6 Å². The standard InChI is InChI=1S/C25H27NO5S/c27-15-17-8-11-23-20(12-17)6-3-7-24(23)26-25(29)14-21(28)16-32(30,31)22-10-9-18-4-1-2-5-19(18)13-22/h1-2,4-5,8-13,21,24,27-28H,3,6-7,14-16H2,(H,26,29)/t21-,24+/m0/s1. The Balaban J connectivity index is 1.39. The van der Waals surface area contributed by atoms with Crippen molar-refractivity contribution >= 4 is 26.5 Å². The van der Waals surface area contributed by atoms with E-state index in [2.05, 4.69) is 5.32 Å². The Kier molecular flexibility index (Phi) is 6.60. The van der Waals surface area contributed by atoms with Gasteiger partial charge in [0.2, 0.25) is 5.91 Å². The molecule has 168 valence electrons. The number of carbonyl (C=O) groups excluding carboxylic acids is 1. The van der Waals surface area contributed by atoms with Gasteiger partial charge in [-0.1, -0.05) is 48.5 Å². The first-order chi connectivity index (χ1) is 15.4. The number of hydrogen-bond donors (Lipinski definition) is 3. The van der Waals surface area contributed by atoms with Crippen LogP contribution >= 0.6 is 0 Å². The lowest BCUT2D eigenvalue weighted by atomic mass is 9.86. The molecule has 1 amide bonds. The van der Waals surface area contributed by atoms with Gasteiger partial charge in [0.1, 0.15) is 0 Å². The Bertz CT molecular complexity index is 1240. The number of carbonyl (C=O) groups is 1. The normalized spacial score (nSPS) is 17.0. The maximum absolute atomic E-state index is 12.8. The largest absolute Gasteiger partial charge is 0.392 e. The topological polar surface area (TPSA) is 104 Å². The maximum Gasteiger partial charge on any atom is 0.223 e. The van der Waals surface area contributed by atoms with E-state index in [0.717, 1.165) is 46.7 Å². The van der Waals surface area contributed by atoms with Gasteiger partial charge < -0.3 is 15.5 Å². The van der Waals surface area contributed by atoms with Gasteiger partial charge in [-0.2, -0.15) is 0 Å². The van der Waals surface area contributed by atoms with E-state index in [1.807, 2.05) is 42.5 Å². The van der Waals surface area contributed by atoms with E-state index in [1.54, 1.807) is 12.1 Å². The first kappa shape index (κ1) is 22.5. The number of hydrogen-bond acceptors (Lipinski definition) is 5. The average molecular weight is 454 g/mol. The number of benzene rings is 3. The van der Waals surface area contributed by atoms with Gasteiger partial charge in [-0.05, 0) is 58.9 Å². The third-order valence-electron chi connectivity index (χ3n) is 5.95. The van der Waals surface area contributed by atoms with Crippen molar-refractivity contribution in [3.63, 3.8) is 0 Å². The van der Waals surface area contributed by atoms with E-state index in [0.29, 0.717) is 0 Å². The van der Waals surface area contributed by atoms with Crippen molar-refractivity contribution in [2.45, 2.75) is 49.3 Å². The molecule has 0 unspecified atom stereocenters. The highest BCUT2D eigenvalue weighted by molar-refractivity contribution is 7.91. The lowest BCUT2D eigenvalue weighted by Crippen LogP contribution is -2.34. The van der Waals surface area contributed by atoms with Gasteiger partial charge in [-0.25, -0.2) is 8.42 Å². The molecule has 0 bridgehead atoms. The zero-order chi connectivity index (χ0) is 22.7. The van der Waals surface area contributed by atoms with E-state index in [1.165, 1.54) is 6.07 Å². The highest BCUT2D eigenvalue weighted by atomic mass is 32.2. The summed E-state index contributed by atoms with van der Waals surface area (Å²) in [6.07, 6.45) is 0.996. The van der Waals surface area contributed by atoms with Crippen molar-refractivity contribution < 1.29 is 23.4 Å². The third kappa shape index (κ3) is 5.01. The molecule has 0 saturated heterocycles. The van der Waals surface area contributed by atoms with Crippen molar-refractivity contribution in [2.75, 3.05) is 5.75 Å². The van der Waals surface area contributed by atoms with Crippen LogP contribution in [0.5, 0.6) is 0 Å². The molecule has 6 nitrogen and oxygen atoms in total. The fraction of sp³-hybridized carbons (Fsp3) is 0.320. The van der Waals surface area contributed by atoms with Gasteiger partial charge in [0, 0.05) is 0 Å². The SMILES string of the molecule is O=C(C[C@H](O)CS(=O)(=O)c1ccc2ccccc2c1)N[C@@H]1CCCc2cc(CO)ccc21. The number of fused-ring (bicyclic) bond motifs is 2. The summed E-state index contributed by atoms with van der Waals surface area (Å²) in [5.74, 6) is -0.893. The van der Waals surface area contributed by atoms with Gasteiger partial charge >= 0.3 is 0 Å². The number of sulfone groups is 1. The Morgan fingerprint density at radius 3 is 2.62 bits per heavy atom. The molecule has 7 heteroatoms. The Morgan fingerprint density at radius 1 is 1.06 bits per heavy atom. The average Bonchev–Trinajstić information content (AvgIpc) is 2.78. The molecule has 0 aromatic heterocycles. The Morgan fingerprint density at radius 2 is 1.84 bits per heavy atom. The molecular weight excluding hydrogens is 426 g/mol. The Labute approximate surface area is 187 Å². The Hall–Kier alpha value is -2.74. The van der Waals surface area contributed by atoms with Gasteiger partial charge in [-0.3, -0.25) is 4.79 Å². The molecule has 32 heavy (non-hydrogen) atoms. The van der Waals surface area contributed by atoms with Crippen molar-refractivity contribution in [1.29, 1.82) is 0 Å². The number of rotatable bonds is 7. The first-order valence-corrected chi connectivity index (χ1v) is 12.4. The minimum atomic E-state index is -3.74. The van der Waals surface area contributed by atoms with E-state index in [4.69, 9.17) is 0 Å². The van der Waals surface area contributed by atoms with Crippen LogP contribution in [-0.2, 0) is 27.7 Å². The van der Waals surface area contributed by atoms with Gasteiger partial charge in [0.05, 0.1) is 35.8 Å². The lowest BCUT2D eigenvalue weighted by molar-refractivity contribution is -0.123. The van der Waals surface area contributed by atoms with Crippen LogP contribution < -0.4 is 5.32 Å². The van der Waals surface area contributed by atoms with Crippen LogP contribution in [0.1, 0.15) is 42.0 Å². The summed E-state index contributed by atoms with van der Waals surface area (Å²) < 4.78 is 25.5. The van der Waals surface area contributed by atoms with Crippen LogP contribution in [-0.4, -0.2) is 36.4 Å². The molecular formula is C25H27NO5S. The summed E-state index contributed by atoms with van der Waals surface area (Å²) >= 11 is 0. The molecule has 0 spiro atoms. The van der Waals surface area contributed by atoms with Crippen molar-refractivity contribution in [1.82, 2.24) is 5.32 Å². The summed E-state index contributed by atoms with van der Waals surface area (Å²) in [7, 11) is -3.74. The molecule has 0 heterocycles. The first-order valence-electron chi connectivity index (χ1n) is 10.8. The third-order valence-corrected chi connectivity index (χ3v) is 7.75. The van der Waals surface area contributed by atoms with E-state index < -0.39 is 21.7 Å². The van der Waals surface area contributed by atoms with Crippen molar-refractivity contribution in [3.8, 4) is 0 Å². The van der Waals surface area contributed by atoms with Gasteiger partial charge in [0.15, 0.2) is 9.84 Å². The second kappa shape index (κ2) is 9.40. The predicted octanol–water partition coefficient (Wildman–Crippen LogP) is 3.05. The molecule has 4 rings (SSSR count). The highest BCUT2D eigenvalue weighted by Gasteiger charge is 2.25. The van der Waals surface area contributed by atoms with Gasteiger partial charge in [-0.15, -0.1) is 0 Å². The van der Waals surface area contributed by atoms with Crippen LogP contribution in [0.2, 0.25) is 0 Å². The number of nitrogens with one attached hydrogen (secondary N) is 1. The molecule has 1 aliphatic carbocycles. The number of aryl methyl sites for hydroxylation is 1. The molecule has 0 fully saturated rings.